The molecule has 3 rings (SSSR count). The Balaban J connectivity index is 0.00000156. The van der Waals surface area contributed by atoms with Crippen LogP contribution in [0.5, 0.6) is 0 Å². The van der Waals surface area contributed by atoms with E-state index in [9.17, 15) is 4.79 Å². The molecule has 1 saturated heterocycles. The number of rotatable bonds is 6. The Hall–Kier alpha value is -0.0100. The number of halogens is 2. The lowest BCUT2D eigenvalue weighted by Gasteiger charge is -2.22. The predicted octanol–water partition coefficient (Wildman–Crippen LogP) is 3.79. The highest BCUT2D eigenvalue weighted by Crippen LogP contribution is 2.33. The molecule has 4 nitrogen and oxygen atoms in total. The molecule has 144 valence electrons. The number of carbonyl (C=O) groups is 1. The topological polar surface area (TPSA) is 54.0 Å². The number of thioether (sulfide) groups is 1. The van der Waals surface area contributed by atoms with Gasteiger partial charge >= 0.3 is 0 Å². The first-order valence-electron chi connectivity index (χ1n) is 8.83. The minimum absolute atomic E-state index is 0. The van der Waals surface area contributed by atoms with Gasteiger partial charge in [-0.05, 0) is 12.8 Å². The summed E-state index contributed by atoms with van der Waals surface area (Å²) in [5.41, 5.74) is 1.29. The van der Waals surface area contributed by atoms with E-state index in [0.717, 1.165) is 29.5 Å². The lowest BCUT2D eigenvalue weighted by Crippen LogP contribution is -2.41. The van der Waals surface area contributed by atoms with Gasteiger partial charge in [0, 0.05) is 54.8 Å². The van der Waals surface area contributed by atoms with Crippen LogP contribution < -0.4 is 10.6 Å². The summed E-state index contributed by atoms with van der Waals surface area (Å²) in [7, 11) is 0. The zero-order valence-electron chi connectivity index (χ0n) is 14.5. The van der Waals surface area contributed by atoms with E-state index in [-0.39, 0.29) is 30.7 Å². The molecule has 2 N–H and O–H groups in total. The highest BCUT2D eigenvalue weighted by atomic mass is 35.5. The fraction of sp³-hybridized carbons (Fsp3) is 0.765. The molecule has 1 aromatic heterocycles. The lowest BCUT2D eigenvalue weighted by atomic mass is 9.87. The van der Waals surface area contributed by atoms with E-state index >= 15 is 0 Å². The van der Waals surface area contributed by atoms with Crippen molar-refractivity contribution in [1.29, 1.82) is 0 Å². The zero-order chi connectivity index (χ0) is 15.9. The fourth-order valence-electron chi connectivity index (χ4n) is 3.38. The summed E-state index contributed by atoms with van der Waals surface area (Å²) in [6.45, 7) is 1.72. The molecule has 0 spiro atoms. The molecular weight excluding hydrogens is 397 g/mol. The Kier molecular flexibility index (Phi) is 11.4. The molecular formula is C17H29Cl2N3OS2. The largest absolute Gasteiger partial charge is 0.356 e. The number of hydrogen-bond acceptors (Lipinski definition) is 5. The van der Waals surface area contributed by atoms with Crippen LogP contribution in [-0.4, -0.2) is 41.5 Å². The highest BCUT2D eigenvalue weighted by Gasteiger charge is 2.19. The normalized spacial score (nSPS) is 21.0. The van der Waals surface area contributed by atoms with Crippen molar-refractivity contribution in [1.82, 2.24) is 15.6 Å². The molecule has 1 unspecified atom stereocenters. The van der Waals surface area contributed by atoms with Crippen LogP contribution in [-0.2, 0) is 11.2 Å². The van der Waals surface area contributed by atoms with E-state index in [4.69, 9.17) is 4.98 Å². The van der Waals surface area contributed by atoms with E-state index in [1.165, 1.54) is 37.8 Å². The van der Waals surface area contributed by atoms with E-state index in [1.54, 1.807) is 11.3 Å². The first-order valence-corrected chi connectivity index (χ1v) is 10.9. The Morgan fingerprint density at radius 2 is 2.08 bits per heavy atom. The van der Waals surface area contributed by atoms with Crippen molar-refractivity contribution >= 4 is 53.8 Å². The first-order chi connectivity index (χ1) is 11.3. The number of nitrogens with zero attached hydrogens (tertiary/aromatic N) is 1. The second kappa shape index (κ2) is 12.4. The van der Waals surface area contributed by atoms with E-state index in [1.807, 2.05) is 11.8 Å². The van der Waals surface area contributed by atoms with Gasteiger partial charge in [-0.3, -0.25) is 4.79 Å². The van der Waals surface area contributed by atoms with Crippen LogP contribution in [0.25, 0.3) is 0 Å². The SMILES string of the molecule is Cl.Cl.O=C(CC1CSCCN1)NCCc1nc(C2CCCCC2)cs1. The molecule has 1 aliphatic carbocycles. The van der Waals surface area contributed by atoms with Crippen LogP contribution in [0.1, 0.15) is 55.1 Å². The summed E-state index contributed by atoms with van der Waals surface area (Å²) >= 11 is 3.68. The fourth-order valence-corrected chi connectivity index (χ4v) is 5.21. The van der Waals surface area contributed by atoms with Crippen molar-refractivity contribution in [3.05, 3.63) is 16.1 Å². The van der Waals surface area contributed by atoms with Crippen LogP contribution in [0, 0.1) is 0 Å². The maximum Gasteiger partial charge on any atom is 0.221 e. The molecule has 0 radical (unpaired) electrons. The predicted molar refractivity (Wildman–Crippen MR) is 113 cm³/mol. The minimum Gasteiger partial charge on any atom is -0.356 e. The Bertz CT molecular complexity index is 504. The second-order valence-electron chi connectivity index (χ2n) is 6.53. The molecule has 0 bridgehead atoms. The smallest absolute Gasteiger partial charge is 0.221 e. The quantitative estimate of drug-likeness (QED) is 0.727. The van der Waals surface area contributed by atoms with Crippen LogP contribution in [0.15, 0.2) is 5.38 Å². The minimum atomic E-state index is 0. The van der Waals surface area contributed by atoms with Gasteiger partial charge < -0.3 is 10.6 Å². The summed E-state index contributed by atoms with van der Waals surface area (Å²) in [4.78, 5) is 16.8. The molecule has 1 aliphatic heterocycles. The third kappa shape index (κ3) is 7.63. The zero-order valence-corrected chi connectivity index (χ0v) is 17.8. The number of nitrogens with one attached hydrogen (secondary N) is 2. The van der Waals surface area contributed by atoms with Crippen LogP contribution in [0.2, 0.25) is 0 Å². The average Bonchev–Trinajstić information content (AvgIpc) is 3.05. The molecule has 1 saturated carbocycles. The monoisotopic (exact) mass is 425 g/mol. The van der Waals surface area contributed by atoms with E-state index < -0.39 is 0 Å². The van der Waals surface area contributed by atoms with Gasteiger partial charge in [-0.1, -0.05) is 19.3 Å². The third-order valence-electron chi connectivity index (χ3n) is 4.68. The van der Waals surface area contributed by atoms with Crippen molar-refractivity contribution in [2.45, 2.75) is 56.9 Å². The number of carbonyl (C=O) groups excluding carboxylic acids is 1. The van der Waals surface area contributed by atoms with Crippen LogP contribution >= 0.6 is 47.9 Å². The second-order valence-corrected chi connectivity index (χ2v) is 8.62. The molecule has 2 aliphatic rings. The van der Waals surface area contributed by atoms with Gasteiger partial charge in [-0.25, -0.2) is 4.98 Å². The molecule has 25 heavy (non-hydrogen) atoms. The number of amides is 1. The van der Waals surface area contributed by atoms with E-state index in [0.29, 0.717) is 24.9 Å². The number of aromatic nitrogens is 1. The van der Waals surface area contributed by atoms with Crippen LogP contribution in [0.4, 0.5) is 0 Å². The maximum absolute atomic E-state index is 12.0. The third-order valence-corrected chi connectivity index (χ3v) is 6.74. The van der Waals surface area contributed by atoms with Crippen molar-refractivity contribution in [3.8, 4) is 0 Å². The first kappa shape index (κ1) is 23.0. The van der Waals surface area contributed by atoms with Gasteiger partial charge in [0.15, 0.2) is 0 Å². The molecule has 8 heteroatoms. The average molecular weight is 426 g/mol. The van der Waals surface area contributed by atoms with E-state index in [2.05, 4.69) is 16.0 Å². The summed E-state index contributed by atoms with van der Waals surface area (Å²) in [6, 6.07) is 0.339. The molecule has 1 aromatic rings. The Morgan fingerprint density at radius 1 is 1.28 bits per heavy atom. The molecule has 2 fully saturated rings. The maximum atomic E-state index is 12.0. The highest BCUT2D eigenvalue weighted by molar-refractivity contribution is 7.99. The van der Waals surface area contributed by atoms with Crippen molar-refractivity contribution in [2.24, 2.45) is 0 Å². The summed E-state index contributed by atoms with van der Waals surface area (Å²) < 4.78 is 0. The Morgan fingerprint density at radius 3 is 2.80 bits per heavy atom. The Labute approximate surface area is 171 Å². The summed E-state index contributed by atoms with van der Waals surface area (Å²) in [5.74, 6) is 3.04. The molecule has 0 aromatic carbocycles. The number of thiazole rings is 1. The van der Waals surface area contributed by atoms with Gasteiger partial charge in [-0.15, -0.1) is 36.2 Å². The van der Waals surface area contributed by atoms with Gasteiger partial charge in [0.05, 0.1) is 10.7 Å². The van der Waals surface area contributed by atoms with Gasteiger partial charge in [0.25, 0.3) is 0 Å². The molecule has 2 heterocycles. The standard InChI is InChI=1S/C17H27N3OS2.2ClH/c21-16(10-14-11-22-9-8-18-14)19-7-6-17-20-15(12-23-17)13-4-2-1-3-5-13;;/h12-14,18H,1-11H2,(H,19,21);2*1H. The van der Waals surface area contributed by atoms with Crippen molar-refractivity contribution in [2.75, 3.05) is 24.6 Å². The molecule has 1 atom stereocenters. The lowest BCUT2D eigenvalue weighted by molar-refractivity contribution is -0.121. The van der Waals surface area contributed by atoms with Crippen LogP contribution in [0.3, 0.4) is 0 Å². The van der Waals surface area contributed by atoms with Crippen molar-refractivity contribution < 1.29 is 4.79 Å². The molecule has 1 amide bonds. The van der Waals surface area contributed by atoms with Crippen molar-refractivity contribution in [3.63, 3.8) is 0 Å². The van der Waals surface area contributed by atoms with Gasteiger partial charge in [0.1, 0.15) is 0 Å². The summed E-state index contributed by atoms with van der Waals surface area (Å²) in [5, 5.41) is 9.85. The van der Waals surface area contributed by atoms with Gasteiger partial charge in [-0.2, -0.15) is 11.8 Å². The van der Waals surface area contributed by atoms with Gasteiger partial charge in [0.2, 0.25) is 5.91 Å². The summed E-state index contributed by atoms with van der Waals surface area (Å²) in [6.07, 6.45) is 8.13. The number of hydrogen-bond donors (Lipinski definition) is 2.